The van der Waals surface area contributed by atoms with Gasteiger partial charge in [0.25, 0.3) is 0 Å². The zero-order valence-corrected chi connectivity index (χ0v) is 10.5. The summed E-state index contributed by atoms with van der Waals surface area (Å²) in [7, 11) is 0. The third-order valence-corrected chi connectivity index (χ3v) is 3.08. The number of hydrogen-bond acceptors (Lipinski definition) is 3. The van der Waals surface area contributed by atoms with Crippen LogP contribution in [0.4, 0.5) is 0 Å². The van der Waals surface area contributed by atoms with Gasteiger partial charge in [0.1, 0.15) is 5.82 Å². The molecule has 2 atom stereocenters. The molecule has 5 nitrogen and oxygen atoms in total. The van der Waals surface area contributed by atoms with E-state index in [0.717, 1.165) is 22.4 Å². The van der Waals surface area contributed by atoms with Crippen molar-refractivity contribution in [2.24, 2.45) is 11.7 Å². The second-order valence-corrected chi connectivity index (χ2v) is 4.68. The van der Waals surface area contributed by atoms with Crippen LogP contribution in [0.15, 0.2) is 18.2 Å². The van der Waals surface area contributed by atoms with E-state index in [4.69, 9.17) is 10.8 Å². The lowest BCUT2D eigenvalue weighted by molar-refractivity contribution is -0.141. The summed E-state index contributed by atoms with van der Waals surface area (Å²) in [6.07, 6.45) is 0.425. The predicted octanol–water partition coefficient (Wildman–Crippen LogP) is 1.98. The zero-order chi connectivity index (χ0) is 13.3. The number of nitrogens with two attached hydrogens (primary N) is 1. The van der Waals surface area contributed by atoms with E-state index in [1.165, 1.54) is 0 Å². The average molecular weight is 247 g/mol. The fourth-order valence-corrected chi connectivity index (χ4v) is 2.00. The van der Waals surface area contributed by atoms with Gasteiger partial charge in [0, 0.05) is 6.04 Å². The van der Waals surface area contributed by atoms with Crippen molar-refractivity contribution < 1.29 is 9.90 Å². The van der Waals surface area contributed by atoms with Gasteiger partial charge in [-0.1, -0.05) is 13.0 Å². The number of aliphatic carboxylic acids is 1. The Bertz CT molecular complexity index is 577. The van der Waals surface area contributed by atoms with Crippen molar-refractivity contribution in [3.8, 4) is 0 Å². The van der Waals surface area contributed by atoms with Crippen molar-refractivity contribution in [2.45, 2.75) is 26.3 Å². The van der Waals surface area contributed by atoms with Crippen LogP contribution in [-0.2, 0) is 4.79 Å². The van der Waals surface area contributed by atoms with Crippen LogP contribution in [0.5, 0.6) is 0 Å². The molecule has 2 aromatic rings. The standard InChI is InChI=1S/C13H17N3O2/c1-7(13(17)18)5-10(14)9-3-4-11-12(6-9)16-8(2)15-11/h3-4,6-7,10H,5,14H2,1-2H3,(H,15,16)(H,17,18). The van der Waals surface area contributed by atoms with E-state index in [2.05, 4.69) is 9.97 Å². The molecule has 1 aromatic carbocycles. The Morgan fingerprint density at radius 2 is 2.28 bits per heavy atom. The molecular formula is C13H17N3O2. The Kier molecular flexibility index (Phi) is 3.34. The fourth-order valence-electron chi connectivity index (χ4n) is 2.00. The molecule has 1 heterocycles. The molecule has 0 amide bonds. The number of imidazole rings is 1. The number of nitrogens with one attached hydrogen (secondary N) is 1. The van der Waals surface area contributed by atoms with E-state index >= 15 is 0 Å². The first-order chi connectivity index (χ1) is 8.47. The van der Waals surface area contributed by atoms with Crippen molar-refractivity contribution in [1.82, 2.24) is 9.97 Å². The highest BCUT2D eigenvalue weighted by atomic mass is 16.4. The molecule has 0 saturated heterocycles. The molecule has 2 rings (SSSR count). The minimum absolute atomic E-state index is 0.274. The van der Waals surface area contributed by atoms with Crippen LogP contribution in [0.25, 0.3) is 11.0 Å². The molecule has 0 bridgehead atoms. The number of benzene rings is 1. The lowest BCUT2D eigenvalue weighted by Gasteiger charge is -2.14. The Labute approximate surface area is 105 Å². The Morgan fingerprint density at radius 3 is 2.94 bits per heavy atom. The number of fused-ring (bicyclic) bond motifs is 1. The number of nitrogens with zero attached hydrogens (tertiary/aromatic N) is 1. The van der Waals surface area contributed by atoms with Crippen LogP contribution >= 0.6 is 0 Å². The van der Waals surface area contributed by atoms with E-state index in [1.54, 1.807) is 6.92 Å². The van der Waals surface area contributed by atoms with E-state index < -0.39 is 11.9 Å². The number of H-pyrrole nitrogens is 1. The van der Waals surface area contributed by atoms with Crippen molar-refractivity contribution in [2.75, 3.05) is 0 Å². The summed E-state index contributed by atoms with van der Waals surface area (Å²) in [4.78, 5) is 18.3. The molecule has 96 valence electrons. The number of carboxylic acid groups (broad SMARTS) is 1. The Hall–Kier alpha value is -1.88. The molecule has 0 spiro atoms. The number of carboxylic acids is 1. The number of carbonyl (C=O) groups is 1. The predicted molar refractivity (Wildman–Crippen MR) is 69.2 cm³/mol. The molecule has 2 unspecified atom stereocenters. The Morgan fingerprint density at radius 1 is 1.56 bits per heavy atom. The van der Waals surface area contributed by atoms with Gasteiger partial charge in [-0.2, -0.15) is 0 Å². The minimum atomic E-state index is -0.816. The number of rotatable bonds is 4. The largest absolute Gasteiger partial charge is 0.481 e. The molecule has 1 aromatic heterocycles. The summed E-state index contributed by atoms with van der Waals surface area (Å²) in [6, 6.07) is 5.47. The van der Waals surface area contributed by atoms with Gasteiger partial charge in [-0.15, -0.1) is 0 Å². The molecule has 5 heteroatoms. The quantitative estimate of drug-likeness (QED) is 0.770. The van der Waals surface area contributed by atoms with E-state index in [-0.39, 0.29) is 6.04 Å². The zero-order valence-electron chi connectivity index (χ0n) is 10.5. The van der Waals surface area contributed by atoms with Crippen molar-refractivity contribution in [1.29, 1.82) is 0 Å². The van der Waals surface area contributed by atoms with E-state index in [0.29, 0.717) is 6.42 Å². The van der Waals surface area contributed by atoms with Gasteiger partial charge in [-0.05, 0) is 31.0 Å². The first-order valence-corrected chi connectivity index (χ1v) is 5.92. The molecule has 0 aliphatic carbocycles. The number of aromatic amines is 1. The summed E-state index contributed by atoms with van der Waals surface area (Å²) >= 11 is 0. The molecule has 0 aliphatic rings. The highest BCUT2D eigenvalue weighted by Gasteiger charge is 2.17. The third kappa shape index (κ3) is 2.51. The molecule has 4 N–H and O–H groups in total. The van der Waals surface area contributed by atoms with Crippen LogP contribution in [0.2, 0.25) is 0 Å². The second kappa shape index (κ2) is 4.78. The third-order valence-electron chi connectivity index (χ3n) is 3.08. The topological polar surface area (TPSA) is 92.0 Å². The van der Waals surface area contributed by atoms with Gasteiger partial charge in [0.2, 0.25) is 0 Å². The second-order valence-electron chi connectivity index (χ2n) is 4.68. The highest BCUT2D eigenvalue weighted by molar-refractivity contribution is 5.76. The van der Waals surface area contributed by atoms with Crippen LogP contribution < -0.4 is 5.73 Å². The maximum Gasteiger partial charge on any atom is 0.306 e. The van der Waals surface area contributed by atoms with Gasteiger partial charge < -0.3 is 15.8 Å². The number of aryl methyl sites for hydroxylation is 1. The van der Waals surface area contributed by atoms with Crippen LogP contribution in [0, 0.1) is 12.8 Å². The van der Waals surface area contributed by atoms with Crippen LogP contribution in [0.3, 0.4) is 0 Å². The summed E-state index contributed by atoms with van der Waals surface area (Å²) in [6.45, 7) is 3.56. The van der Waals surface area contributed by atoms with Gasteiger partial charge in [0.15, 0.2) is 0 Å². The summed E-state index contributed by atoms with van der Waals surface area (Å²) in [5, 5.41) is 8.88. The summed E-state index contributed by atoms with van der Waals surface area (Å²) in [5.41, 5.74) is 8.80. The lowest BCUT2D eigenvalue weighted by Crippen LogP contribution is -2.19. The Balaban J connectivity index is 2.22. The first kappa shape index (κ1) is 12.6. The van der Waals surface area contributed by atoms with Gasteiger partial charge >= 0.3 is 5.97 Å². The first-order valence-electron chi connectivity index (χ1n) is 5.92. The number of hydrogen-bond donors (Lipinski definition) is 3. The average Bonchev–Trinajstić information content (AvgIpc) is 2.67. The van der Waals surface area contributed by atoms with Gasteiger partial charge in [-0.3, -0.25) is 4.79 Å². The van der Waals surface area contributed by atoms with Crippen LogP contribution in [0.1, 0.15) is 30.8 Å². The minimum Gasteiger partial charge on any atom is -0.481 e. The maximum atomic E-state index is 10.8. The summed E-state index contributed by atoms with van der Waals surface area (Å²) in [5.74, 6) is -0.405. The van der Waals surface area contributed by atoms with Gasteiger partial charge in [0.05, 0.1) is 17.0 Å². The van der Waals surface area contributed by atoms with Crippen LogP contribution in [-0.4, -0.2) is 21.0 Å². The van der Waals surface area contributed by atoms with Crippen molar-refractivity contribution in [3.63, 3.8) is 0 Å². The maximum absolute atomic E-state index is 10.8. The molecule has 18 heavy (non-hydrogen) atoms. The fraction of sp³-hybridized carbons (Fsp3) is 0.385. The number of aromatic nitrogens is 2. The molecule has 0 radical (unpaired) electrons. The highest BCUT2D eigenvalue weighted by Crippen LogP contribution is 2.22. The van der Waals surface area contributed by atoms with Crippen molar-refractivity contribution in [3.05, 3.63) is 29.6 Å². The normalized spacial score (nSPS) is 14.6. The summed E-state index contributed by atoms with van der Waals surface area (Å²) < 4.78 is 0. The van der Waals surface area contributed by atoms with E-state index in [9.17, 15) is 4.79 Å². The van der Waals surface area contributed by atoms with Gasteiger partial charge in [-0.25, -0.2) is 4.98 Å². The molecule has 0 fully saturated rings. The SMILES string of the molecule is Cc1nc2ccc(C(N)CC(C)C(=O)O)cc2[nH]1. The monoisotopic (exact) mass is 247 g/mol. The lowest BCUT2D eigenvalue weighted by atomic mass is 9.96. The molecule has 0 aliphatic heterocycles. The molecule has 0 saturated carbocycles. The van der Waals surface area contributed by atoms with E-state index in [1.807, 2.05) is 25.1 Å². The molecular weight excluding hydrogens is 230 g/mol. The van der Waals surface area contributed by atoms with Crippen molar-refractivity contribution >= 4 is 17.0 Å². The smallest absolute Gasteiger partial charge is 0.306 e.